The van der Waals surface area contributed by atoms with Crippen molar-refractivity contribution in [3.8, 4) is 5.75 Å². The van der Waals surface area contributed by atoms with E-state index in [1.165, 1.54) is 6.07 Å². The molecule has 27 heavy (non-hydrogen) atoms. The summed E-state index contributed by atoms with van der Waals surface area (Å²) in [5, 5.41) is 1.22. The third kappa shape index (κ3) is 7.56. The van der Waals surface area contributed by atoms with Crippen LogP contribution in [-0.4, -0.2) is 16.8 Å². The molecule has 0 bridgehead atoms. The average Bonchev–Trinajstić information content (AvgIpc) is 2.56. The quantitative estimate of drug-likeness (QED) is 0.210. The number of aryl methyl sites for hydroxylation is 1. The number of hydrogen-bond donors (Lipinski definition) is 1. The second-order valence-corrected chi connectivity index (χ2v) is 10.2. The van der Waals surface area contributed by atoms with E-state index in [1.807, 2.05) is 12.1 Å². The van der Waals surface area contributed by atoms with Gasteiger partial charge >= 0.3 is 13.8 Å². The zero-order valence-corrected chi connectivity index (χ0v) is 18.7. The minimum atomic E-state index is -4.98. The van der Waals surface area contributed by atoms with Crippen molar-refractivity contribution in [3.63, 3.8) is 0 Å². The highest BCUT2D eigenvalue weighted by Gasteiger charge is 2.34. The molecule has 0 spiro atoms. The Bertz CT molecular complexity index is 822. The largest absolute Gasteiger partial charge is 0.442 e. The zero-order valence-electron chi connectivity index (χ0n) is 13.9. The minimum absolute atomic E-state index is 0.0849. The van der Waals surface area contributed by atoms with Crippen molar-refractivity contribution >= 4 is 58.5 Å². The summed E-state index contributed by atoms with van der Waals surface area (Å²) in [4.78, 5) is 10.1. The van der Waals surface area contributed by atoms with E-state index in [0.717, 1.165) is 35.5 Å². The van der Waals surface area contributed by atoms with Crippen LogP contribution < -0.4 is 4.52 Å². The lowest BCUT2D eigenvalue weighted by molar-refractivity contribution is 0.188. The minimum Gasteiger partial charge on any atom is -0.420 e. The second kappa shape index (κ2) is 10.5. The van der Waals surface area contributed by atoms with Gasteiger partial charge in [0.1, 0.15) is 5.75 Å². The molecule has 0 aromatic heterocycles. The van der Waals surface area contributed by atoms with Crippen molar-refractivity contribution in [1.29, 1.82) is 0 Å². The number of thioether (sulfide) groups is 1. The molecule has 1 N–H and O–H groups in total. The molecule has 0 fully saturated rings. The van der Waals surface area contributed by atoms with Crippen molar-refractivity contribution in [3.05, 3.63) is 56.5 Å². The van der Waals surface area contributed by atoms with Gasteiger partial charge in [0.15, 0.2) is 0 Å². The molecule has 2 aromatic rings. The van der Waals surface area contributed by atoms with Crippen LogP contribution in [0.2, 0.25) is 10.0 Å². The molecule has 0 aliphatic rings. The summed E-state index contributed by atoms with van der Waals surface area (Å²) in [5.74, 6) is 0.819. The van der Waals surface area contributed by atoms with Crippen molar-refractivity contribution in [2.24, 2.45) is 0 Å². The normalized spacial score (nSPS) is 13.6. The van der Waals surface area contributed by atoms with Gasteiger partial charge in [0.25, 0.3) is 0 Å². The molecule has 148 valence electrons. The molecule has 0 aliphatic heterocycles. The Morgan fingerprint density at radius 1 is 1.15 bits per heavy atom. The fourth-order valence-electron chi connectivity index (χ4n) is 2.19. The predicted octanol–water partition coefficient (Wildman–Crippen LogP) is 7.66. The number of hydrogen-bond acceptors (Lipinski definition) is 3. The van der Waals surface area contributed by atoms with E-state index in [9.17, 15) is 13.3 Å². The second-order valence-electron chi connectivity index (χ2n) is 5.61. The Balaban J connectivity index is 1.81. The maximum absolute atomic E-state index is 12.4. The molecular weight excluding hydrogens is 504 g/mol. The van der Waals surface area contributed by atoms with Crippen LogP contribution in [0.5, 0.6) is 5.75 Å². The standard InChI is InChI=1S/C17H16BrCl2F2O3PS/c18-15-7-11(4-5-16(15)25-26(23,24)17(21)22)3-1-2-6-27-14-9-12(19)8-13(20)10-14/h4-5,7-10,17H,1-3,6H2,(H,23,24). The van der Waals surface area contributed by atoms with Crippen LogP contribution in [0.3, 0.4) is 0 Å². The van der Waals surface area contributed by atoms with Crippen molar-refractivity contribution in [2.45, 2.75) is 30.3 Å². The maximum atomic E-state index is 12.4. The Labute approximate surface area is 179 Å². The lowest BCUT2D eigenvalue weighted by Gasteiger charge is -2.14. The van der Waals surface area contributed by atoms with E-state index < -0.39 is 13.8 Å². The molecule has 0 amide bonds. The molecule has 2 aromatic carbocycles. The van der Waals surface area contributed by atoms with Crippen molar-refractivity contribution in [2.75, 3.05) is 5.75 Å². The average molecular weight is 520 g/mol. The summed E-state index contributed by atoms with van der Waals surface area (Å²) in [7, 11) is -4.98. The molecule has 0 saturated carbocycles. The Hall–Kier alpha value is -0.300. The van der Waals surface area contributed by atoms with Gasteiger partial charge in [0, 0.05) is 14.9 Å². The molecule has 1 atom stereocenters. The zero-order chi connectivity index (χ0) is 20.0. The Morgan fingerprint density at radius 2 is 1.81 bits per heavy atom. The van der Waals surface area contributed by atoms with E-state index in [1.54, 1.807) is 30.0 Å². The first-order valence-electron chi connectivity index (χ1n) is 7.85. The first-order chi connectivity index (χ1) is 12.7. The Kier molecular flexibility index (Phi) is 8.91. The molecule has 3 nitrogen and oxygen atoms in total. The van der Waals surface area contributed by atoms with E-state index in [4.69, 9.17) is 28.1 Å². The molecule has 0 aliphatic carbocycles. The van der Waals surface area contributed by atoms with Gasteiger partial charge < -0.3 is 9.42 Å². The first-order valence-corrected chi connectivity index (χ1v) is 12.0. The number of rotatable bonds is 9. The lowest BCUT2D eigenvalue weighted by Crippen LogP contribution is -2.01. The summed E-state index contributed by atoms with van der Waals surface area (Å²) in [6.45, 7) is 0. The third-order valence-corrected chi connectivity index (χ3v) is 6.51. The topological polar surface area (TPSA) is 46.5 Å². The lowest BCUT2D eigenvalue weighted by atomic mass is 10.1. The van der Waals surface area contributed by atoms with Crippen molar-refractivity contribution in [1.82, 2.24) is 0 Å². The van der Waals surface area contributed by atoms with Gasteiger partial charge in [-0.2, -0.15) is 8.78 Å². The van der Waals surface area contributed by atoms with Gasteiger partial charge in [0.05, 0.1) is 4.47 Å². The summed E-state index contributed by atoms with van der Waals surface area (Å²) in [5.41, 5.74) is 0.967. The molecule has 10 heteroatoms. The van der Waals surface area contributed by atoms with E-state index >= 15 is 0 Å². The van der Waals surface area contributed by atoms with Crippen LogP contribution in [0, 0.1) is 0 Å². The monoisotopic (exact) mass is 518 g/mol. The van der Waals surface area contributed by atoms with Gasteiger partial charge in [-0.05, 0) is 76.8 Å². The van der Waals surface area contributed by atoms with E-state index in [0.29, 0.717) is 14.5 Å². The SMILES string of the molecule is O=P(O)(Oc1ccc(CCCCSc2cc(Cl)cc(Cl)c2)cc1Br)C(F)F. The summed E-state index contributed by atoms with van der Waals surface area (Å²) >= 11 is 16.8. The molecule has 0 radical (unpaired) electrons. The Morgan fingerprint density at radius 3 is 2.41 bits per heavy atom. The summed E-state index contributed by atoms with van der Waals surface area (Å²) in [6.07, 6.45) is -0.789. The molecule has 2 rings (SSSR count). The highest BCUT2D eigenvalue weighted by atomic mass is 79.9. The smallest absolute Gasteiger partial charge is 0.420 e. The molecule has 1 unspecified atom stereocenters. The molecule has 0 saturated heterocycles. The highest BCUT2D eigenvalue weighted by Crippen LogP contribution is 2.50. The van der Waals surface area contributed by atoms with E-state index in [2.05, 4.69) is 20.5 Å². The molecule has 0 heterocycles. The van der Waals surface area contributed by atoms with Gasteiger partial charge in [-0.3, -0.25) is 0 Å². The number of unbranched alkanes of at least 4 members (excludes halogenated alkanes) is 1. The third-order valence-electron chi connectivity index (χ3n) is 3.44. The van der Waals surface area contributed by atoms with Gasteiger partial charge in [-0.25, -0.2) is 4.57 Å². The summed E-state index contributed by atoms with van der Waals surface area (Å²) in [6, 6.07) is 10.2. The predicted molar refractivity (Wildman–Crippen MR) is 111 cm³/mol. The highest BCUT2D eigenvalue weighted by molar-refractivity contribution is 9.10. The maximum Gasteiger partial charge on any atom is 0.442 e. The van der Waals surface area contributed by atoms with Crippen LogP contribution in [0.1, 0.15) is 18.4 Å². The van der Waals surface area contributed by atoms with Gasteiger partial charge in [-0.15, -0.1) is 11.8 Å². The van der Waals surface area contributed by atoms with Crippen LogP contribution in [-0.2, 0) is 11.0 Å². The van der Waals surface area contributed by atoms with Gasteiger partial charge in [-0.1, -0.05) is 29.3 Å². The van der Waals surface area contributed by atoms with Crippen LogP contribution in [0.4, 0.5) is 8.78 Å². The number of benzene rings is 2. The van der Waals surface area contributed by atoms with Crippen LogP contribution in [0.15, 0.2) is 45.8 Å². The number of alkyl halides is 2. The van der Waals surface area contributed by atoms with Crippen molar-refractivity contribution < 1.29 is 22.8 Å². The fourth-order valence-corrected chi connectivity index (χ4v) is 5.00. The number of halogens is 5. The van der Waals surface area contributed by atoms with Crippen LogP contribution in [0.25, 0.3) is 0 Å². The molecular formula is C17H16BrCl2F2O3PS. The van der Waals surface area contributed by atoms with Crippen LogP contribution >= 0.6 is 58.5 Å². The first kappa shape index (κ1) is 23.0. The fraction of sp³-hybridized carbons (Fsp3) is 0.294. The van der Waals surface area contributed by atoms with E-state index in [-0.39, 0.29) is 5.75 Å². The van der Waals surface area contributed by atoms with Gasteiger partial charge in [0.2, 0.25) is 0 Å². The summed E-state index contributed by atoms with van der Waals surface area (Å²) < 4.78 is 41.1.